The van der Waals surface area contributed by atoms with Crippen molar-refractivity contribution in [2.75, 3.05) is 5.32 Å². The molecular formula is C12H12ClN3O2S. The molecule has 0 spiro atoms. The van der Waals surface area contributed by atoms with Gasteiger partial charge in [-0.1, -0.05) is 11.3 Å². The second kappa shape index (κ2) is 5.99. The number of amides is 1. The van der Waals surface area contributed by atoms with E-state index in [4.69, 9.17) is 16.3 Å². The van der Waals surface area contributed by atoms with Crippen LogP contribution in [0.3, 0.4) is 0 Å². The third-order valence-corrected chi connectivity index (χ3v) is 3.10. The maximum Gasteiger partial charge on any atom is 0.286 e. The Kier molecular flexibility index (Phi) is 4.34. The number of halogens is 1. The van der Waals surface area contributed by atoms with Gasteiger partial charge in [0.25, 0.3) is 5.91 Å². The van der Waals surface area contributed by atoms with Gasteiger partial charge in [-0.05, 0) is 49.7 Å². The SMILES string of the molecule is CC(C)Oc1ccc(NC(=O)c2nnc(Cl)s2)cc1. The molecule has 2 aromatic rings. The first-order chi connectivity index (χ1) is 9.04. The van der Waals surface area contributed by atoms with Gasteiger partial charge in [-0.25, -0.2) is 0 Å². The van der Waals surface area contributed by atoms with Gasteiger partial charge in [0, 0.05) is 5.69 Å². The van der Waals surface area contributed by atoms with Gasteiger partial charge < -0.3 is 10.1 Å². The fraction of sp³-hybridized carbons (Fsp3) is 0.250. The molecule has 19 heavy (non-hydrogen) atoms. The van der Waals surface area contributed by atoms with Crippen molar-refractivity contribution in [2.24, 2.45) is 0 Å². The number of benzene rings is 1. The van der Waals surface area contributed by atoms with Crippen molar-refractivity contribution in [3.05, 3.63) is 33.7 Å². The molecule has 7 heteroatoms. The quantitative estimate of drug-likeness (QED) is 0.941. The summed E-state index contributed by atoms with van der Waals surface area (Å²) >= 11 is 6.66. The van der Waals surface area contributed by atoms with Crippen LogP contribution >= 0.6 is 22.9 Å². The third-order valence-electron chi connectivity index (χ3n) is 2.08. The van der Waals surface area contributed by atoms with Crippen molar-refractivity contribution in [1.29, 1.82) is 0 Å². The van der Waals surface area contributed by atoms with E-state index >= 15 is 0 Å². The van der Waals surface area contributed by atoms with E-state index < -0.39 is 0 Å². The molecule has 0 bridgehead atoms. The molecule has 0 aliphatic rings. The molecule has 5 nitrogen and oxygen atoms in total. The number of carbonyl (C=O) groups is 1. The summed E-state index contributed by atoms with van der Waals surface area (Å²) in [6.45, 7) is 3.91. The minimum atomic E-state index is -0.332. The maximum absolute atomic E-state index is 11.8. The molecule has 0 fully saturated rings. The molecule has 1 heterocycles. The molecule has 1 amide bonds. The van der Waals surface area contributed by atoms with Gasteiger partial charge in [0.1, 0.15) is 5.75 Å². The number of hydrogen-bond donors (Lipinski definition) is 1. The van der Waals surface area contributed by atoms with E-state index in [0.717, 1.165) is 17.1 Å². The van der Waals surface area contributed by atoms with Gasteiger partial charge in [-0.15, -0.1) is 10.2 Å². The molecule has 0 aliphatic heterocycles. The number of nitrogens with one attached hydrogen (secondary N) is 1. The predicted molar refractivity (Wildman–Crippen MR) is 75.1 cm³/mol. The molecule has 0 saturated carbocycles. The number of ether oxygens (including phenoxy) is 1. The lowest BCUT2D eigenvalue weighted by molar-refractivity contribution is 0.102. The minimum absolute atomic E-state index is 0.115. The Morgan fingerprint density at radius 3 is 2.53 bits per heavy atom. The Labute approximate surface area is 119 Å². The first-order valence-electron chi connectivity index (χ1n) is 5.61. The summed E-state index contributed by atoms with van der Waals surface area (Å²) in [6.07, 6.45) is 0.115. The lowest BCUT2D eigenvalue weighted by Gasteiger charge is -2.10. The van der Waals surface area contributed by atoms with Crippen molar-refractivity contribution in [3.63, 3.8) is 0 Å². The number of anilines is 1. The van der Waals surface area contributed by atoms with E-state index in [0.29, 0.717) is 5.69 Å². The van der Waals surface area contributed by atoms with Gasteiger partial charge >= 0.3 is 0 Å². The summed E-state index contributed by atoms with van der Waals surface area (Å²) in [5, 5.41) is 10.2. The van der Waals surface area contributed by atoms with Crippen molar-refractivity contribution in [1.82, 2.24) is 10.2 Å². The molecule has 0 saturated heterocycles. The van der Waals surface area contributed by atoms with Crippen molar-refractivity contribution >= 4 is 34.5 Å². The monoisotopic (exact) mass is 297 g/mol. The second-order valence-corrected chi connectivity index (χ2v) is 5.56. The van der Waals surface area contributed by atoms with Gasteiger partial charge in [-0.3, -0.25) is 4.79 Å². The Bertz CT molecular complexity index is 569. The van der Waals surface area contributed by atoms with Crippen LogP contribution in [0.15, 0.2) is 24.3 Å². The first-order valence-corrected chi connectivity index (χ1v) is 6.81. The molecule has 0 unspecified atom stereocenters. The summed E-state index contributed by atoms with van der Waals surface area (Å²) in [6, 6.07) is 7.11. The van der Waals surface area contributed by atoms with Crippen molar-refractivity contribution < 1.29 is 9.53 Å². The molecule has 1 aromatic carbocycles. The Morgan fingerprint density at radius 1 is 1.32 bits per heavy atom. The molecule has 0 aliphatic carbocycles. The number of nitrogens with zero attached hydrogens (tertiary/aromatic N) is 2. The number of carbonyl (C=O) groups excluding carboxylic acids is 1. The molecule has 2 rings (SSSR count). The minimum Gasteiger partial charge on any atom is -0.491 e. The fourth-order valence-corrected chi connectivity index (χ4v) is 2.09. The van der Waals surface area contributed by atoms with Gasteiger partial charge in [0.05, 0.1) is 6.10 Å². The van der Waals surface area contributed by atoms with Crippen molar-refractivity contribution in [3.8, 4) is 5.75 Å². The topological polar surface area (TPSA) is 64.1 Å². The fourth-order valence-electron chi connectivity index (χ4n) is 1.37. The largest absolute Gasteiger partial charge is 0.491 e. The number of aromatic nitrogens is 2. The Balaban J connectivity index is 2.01. The normalized spacial score (nSPS) is 10.5. The zero-order valence-corrected chi connectivity index (χ0v) is 12.0. The summed E-state index contributed by atoms with van der Waals surface area (Å²) in [7, 11) is 0. The van der Waals surface area contributed by atoms with Crippen LogP contribution in [0.1, 0.15) is 23.6 Å². The highest BCUT2D eigenvalue weighted by molar-refractivity contribution is 7.17. The predicted octanol–water partition coefficient (Wildman–Crippen LogP) is 3.23. The molecule has 0 radical (unpaired) electrons. The highest BCUT2D eigenvalue weighted by atomic mass is 35.5. The van der Waals surface area contributed by atoms with Crippen molar-refractivity contribution in [2.45, 2.75) is 20.0 Å². The lowest BCUT2D eigenvalue weighted by atomic mass is 10.3. The third kappa shape index (κ3) is 3.90. The van der Waals surface area contributed by atoms with E-state index in [1.165, 1.54) is 0 Å². The smallest absolute Gasteiger partial charge is 0.286 e. The Hall–Kier alpha value is -1.66. The van der Waals surface area contributed by atoms with Gasteiger partial charge in [0.2, 0.25) is 9.47 Å². The summed E-state index contributed by atoms with van der Waals surface area (Å²) in [5.41, 5.74) is 0.660. The van der Waals surface area contributed by atoms with Crippen LogP contribution in [0.2, 0.25) is 4.47 Å². The zero-order valence-electron chi connectivity index (χ0n) is 10.4. The van der Waals surface area contributed by atoms with E-state index in [9.17, 15) is 4.79 Å². The van der Waals surface area contributed by atoms with Crippen LogP contribution in [-0.2, 0) is 0 Å². The van der Waals surface area contributed by atoms with Crippen LogP contribution in [-0.4, -0.2) is 22.2 Å². The molecule has 1 aromatic heterocycles. The molecular weight excluding hydrogens is 286 g/mol. The van der Waals surface area contributed by atoms with E-state index in [1.807, 2.05) is 13.8 Å². The summed E-state index contributed by atoms with van der Waals surface area (Å²) < 4.78 is 5.75. The van der Waals surface area contributed by atoms with Crippen LogP contribution in [0, 0.1) is 0 Å². The van der Waals surface area contributed by atoms with E-state index in [-0.39, 0.29) is 21.5 Å². The van der Waals surface area contributed by atoms with Crippen LogP contribution in [0.4, 0.5) is 5.69 Å². The van der Waals surface area contributed by atoms with Gasteiger partial charge in [-0.2, -0.15) is 0 Å². The molecule has 1 N–H and O–H groups in total. The average Bonchev–Trinajstić information content (AvgIpc) is 2.78. The second-order valence-electron chi connectivity index (χ2n) is 4.01. The van der Waals surface area contributed by atoms with Gasteiger partial charge in [0.15, 0.2) is 0 Å². The van der Waals surface area contributed by atoms with E-state index in [2.05, 4.69) is 15.5 Å². The highest BCUT2D eigenvalue weighted by Gasteiger charge is 2.12. The Morgan fingerprint density at radius 2 is 2.00 bits per heavy atom. The number of rotatable bonds is 4. The molecule has 0 atom stereocenters. The average molecular weight is 298 g/mol. The maximum atomic E-state index is 11.8. The van der Waals surface area contributed by atoms with Crippen LogP contribution < -0.4 is 10.1 Å². The van der Waals surface area contributed by atoms with Crippen LogP contribution in [0.5, 0.6) is 5.75 Å². The van der Waals surface area contributed by atoms with E-state index in [1.54, 1.807) is 24.3 Å². The highest BCUT2D eigenvalue weighted by Crippen LogP contribution is 2.19. The first kappa shape index (κ1) is 13.8. The standard InChI is InChI=1S/C12H12ClN3O2S/c1-7(2)18-9-5-3-8(4-6-9)14-10(17)11-15-16-12(13)19-11/h3-7H,1-2H3,(H,14,17). The van der Waals surface area contributed by atoms with Crippen LogP contribution in [0.25, 0.3) is 0 Å². The number of hydrogen-bond acceptors (Lipinski definition) is 5. The summed E-state index contributed by atoms with van der Waals surface area (Å²) in [5.74, 6) is 0.425. The molecule has 100 valence electrons. The zero-order chi connectivity index (χ0) is 13.8. The lowest BCUT2D eigenvalue weighted by Crippen LogP contribution is -2.11. The summed E-state index contributed by atoms with van der Waals surface area (Å²) in [4.78, 5) is 11.8.